The first-order valence-electron chi connectivity index (χ1n) is 5.10. The molecule has 1 rings (SSSR count). The molecule has 8 heteroatoms. The molecule has 0 saturated carbocycles. The van der Waals surface area contributed by atoms with E-state index in [0.717, 1.165) is 0 Å². The molecule has 0 radical (unpaired) electrons. The minimum Gasteiger partial charge on any atom is -0.395 e. The van der Waals surface area contributed by atoms with Gasteiger partial charge in [0.05, 0.1) is 6.61 Å². The molecular weight excluding hydrogens is 271 g/mol. The summed E-state index contributed by atoms with van der Waals surface area (Å²) in [7, 11) is -4.35. The van der Waals surface area contributed by atoms with Crippen LogP contribution in [0.2, 0.25) is 0 Å². The van der Waals surface area contributed by atoms with Crippen LogP contribution in [0.5, 0.6) is 0 Å². The first-order valence-corrected chi connectivity index (χ1v) is 6.58. The smallest absolute Gasteiger partial charge is 0.243 e. The monoisotopic (exact) mass is 283 g/mol. The molecule has 1 atom stereocenters. The zero-order valence-electron chi connectivity index (χ0n) is 9.45. The molecule has 4 nitrogen and oxygen atoms in total. The highest BCUT2D eigenvalue weighted by Crippen LogP contribution is 2.19. The largest absolute Gasteiger partial charge is 0.395 e. The fourth-order valence-corrected chi connectivity index (χ4v) is 2.63. The van der Waals surface area contributed by atoms with Gasteiger partial charge in [-0.15, -0.1) is 0 Å². The molecular formula is C10H12F3NO3S. The quantitative estimate of drug-likeness (QED) is 0.797. The number of nitrogens with one attached hydrogen (secondary N) is 1. The normalized spacial score (nSPS) is 13.6. The van der Waals surface area contributed by atoms with E-state index in [4.69, 9.17) is 5.11 Å². The summed E-state index contributed by atoms with van der Waals surface area (Å²) in [5.74, 6) is -5.11. The summed E-state index contributed by atoms with van der Waals surface area (Å²) in [5, 5.41) is 8.85. The molecule has 102 valence electrons. The predicted molar refractivity (Wildman–Crippen MR) is 57.8 cm³/mol. The Morgan fingerprint density at radius 3 is 2.39 bits per heavy atom. The van der Waals surface area contributed by atoms with Crippen molar-refractivity contribution in [3.8, 4) is 0 Å². The zero-order valence-corrected chi connectivity index (χ0v) is 10.3. The van der Waals surface area contributed by atoms with Gasteiger partial charge in [-0.3, -0.25) is 0 Å². The molecule has 0 saturated heterocycles. The topological polar surface area (TPSA) is 66.4 Å². The van der Waals surface area contributed by atoms with E-state index in [1.54, 1.807) is 6.92 Å². The third kappa shape index (κ3) is 3.01. The summed E-state index contributed by atoms with van der Waals surface area (Å²) in [5.41, 5.74) is 0. The van der Waals surface area contributed by atoms with Crippen LogP contribution in [0, 0.1) is 17.5 Å². The maximum Gasteiger partial charge on any atom is 0.243 e. The summed E-state index contributed by atoms with van der Waals surface area (Å²) in [4.78, 5) is -0.992. The van der Waals surface area contributed by atoms with E-state index >= 15 is 0 Å². The van der Waals surface area contributed by atoms with E-state index in [9.17, 15) is 21.6 Å². The molecule has 0 amide bonds. The Balaban J connectivity index is 3.17. The Hall–Kier alpha value is -1.12. The Morgan fingerprint density at radius 2 is 1.89 bits per heavy atom. The lowest BCUT2D eigenvalue weighted by molar-refractivity contribution is 0.253. The van der Waals surface area contributed by atoms with Gasteiger partial charge in [0.2, 0.25) is 10.0 Å². The van der Waals surface area contributed by atoms with Crippen molar-refractivity contribution in [3.63, 3.8) is 0 Å². The van der Waals surface area contributed by atoms with Gasteiger partial charge in [-0.1, -0.05) is 6.92 Å². The Morgan fingerprint density at radius 1 is 1.28 bits per heavy atom. The molecule has 1 aromatic carbocycles. The number of halogens is 3. The molecule has 0 spiro atoms. The number of benzene rings is 1. The summed E-state index contributed by atoms with van der Waals surface area (Å²) in [6.45, 7) is 1.12. The molecule has 1 aromatic rings. The summed E-state index contributed by atoms with van der Waals surface area (Å²) < 4.78 is 64.3. The highest BCUT2D eigenvalue weighted by Gasteiger charge is 2.25. The van der Waals surface area contributed by atoms with Crippen LogP contribution in [0.25, 0.3) is 0 Å². The van der Waals surface area contributed by atoms with Crippen molar-refractivity contribution in [3.05, 3.63) is 29.6 Å². The molecule has 2 N–H and O–H groups in total. The average Bonchev–Trinajstić information content (AvgIpc) is 2.32. The maximum absolute atomic E-state index is 13.3. The lowest BCUT2D eigenvalue weighted by Crippen LogP contribution is -2.37. The van der Waals surface area contributed by atoms with Crippen LogP contribution in [-0.4, -0.2) is 26.2 Å². The van der Waals surface area contributed by atoms with Gasteiger partial charge in [-0.2, -0.15) is 0 Å². The van der Waals surface area contributed by atoms with Crippen LogP contribution in [0.4, 0.5) is 13.2 Å². The lowest BCUT2D eigenvalue weighted by Gasteiger charge is -2.14. The summed E-state index contributed by atoms with van der Waals surface area (Å²) in [6, 6.07) is 0.329. The maximum atomic E-state index is 13.3. The van der Waals surface area contributed by atoms with Gasteiger partial charge < -0.3 is 5.11 Å². The minimum absolute atomic E-state index is 0.265. The van der Waals surface area contributed by atoms with Crippen molar-refractivity contribution in [2.24, 2.45) is 0 Å². The number of sulfonamides is 1. The summed E-state index contributed by atoms with van der Waals surface area (Å²) >= 11 is 0. The number of hydrogen-bond donors (Lipinski definition) is 2. The Kier molecular flexibility index (Phi) is 4.71. The second-order valence-corrected chi connectivity index (χ2v) is 5.26. The van der Waals surface area contributed by atoms with Crippen molar-refractivity contribution in [1.82, 2.24) is 4.72 Å². The molecule has 0 aromatic heterocycles. The number of hydrogen-bond acceptors (Lipinski definition) is 3. The molecule has 0 heterocycles. The molecule has 18 heavy (non-hydrogen) atoms. The summed E-state index contributed by atoms with van der Waals surface area (Å²) in [6.07, 6.45) is 0.265. The Bertz CT molecular complexity index is 529. The zero-order chi connectivity index (χ0) is 13.9. The van der Waals surface area contributed by atoms with Crippen LogP contribution in [0.3, 0.4) is 0 Å². The van der Waals surface area contributed by atoms with Crippen LogP contribution < -0.4 is 4.72 Å². The van der Waals surface area contributed by atoms with Gasteiger partial charge in [0.1, 0.15) is 4.90 Å². The van der Waals surface area contributed by atoms with Crippen molar-refractivity contribution < 1.29 is 26.7 Å². The lowest BCUT2D eigenvalue weighted by atomic mass is 10.3. The van der Waals surface area contributed by atoms with Crippen molar-refractivity contribution >= 4 is 10.0 Å². The van der Waals surface area contributed by atoms with Gasteiger partial charge in [0, 0.05) is 6.04 Å². The van der Waals surface area contributed by atoms with Crippen molar-refractivity contribution in [2.45, 2.75) is 24.3 Å². The van der Waals surface area contributed by atoms with Crippen LogP contribution in [-0.2, 0) is 10.0 Å². The Labute approximate surface area is 102 Å². The first kappa shape index (κ1) is 14.9. The van der Waals surface area contributed by atoms with Crippen LogP contribution in [0.1, 0.15) is 13.3 Å². The molecule has 0 aliphatic rings. The minimum atomic E-state index is -4.35. The predicted octanol–water partition coefficient (Wildman–Crippen LogP) is 1.15. The average molecular weight is 283 g/mol. The number of rotatable bonds is 5. The highest BCUT2D eigenvalue weighted by molar-refractivity contribution is 7.89. The van der Waals surface area contributed by atoms with Crippen LogP contribution >= 0.6 is 0 Å². The SMILES string of the molecule is CC[C@H](CO)NS(=O)(=O)c1ccc(F)c(F)c1F. The number of aliphatic hydroxyl groups is 1. The van der Waals surface area contributed by atoms with E-state index in [2.05, 4.69) is 0 Å². The third-order valence-electron chi connectivity index (χ3n) is 2.32. The number of aliphatic hydroxyl groups excluding tert-OH is 1. The van der Waals surface area contributed by atoms with Crippen molar-refractivity contribution in [1.29, 1.82) is 0 Å². The first-order chi connectivity index (χ1) is 8.33. The molecule has 0 bridgehead atoms. The van der Waals surface area contributed by atoms with Crippen molar-refractivity contribution in [2.75, 3.05) is 6.61 Å². The van der Waals surface area contributed by atoms with Gasteiger partial charge >= 0.3 is 0 Å². The highest BCUT2D eigenvalue weighted by atomic mass is 32.2. The standard InChI is InChI=1S/C10H12F3NO3S/c1-2-6(5-15)14-18(16,17)8-4-3-7(11)9(12)10(8)13/h3-4,6,14-15H,2,5H2,1H3/t6-/m1/s1. The van der Waals surface area contributed by atoms with Gasteiger partial charge in [0.15, 0.2) is 17.5 Å². The van der Waals surface area contributed by atoms with E-state index < -0.39 is 45.0 Å². The van der Waals surface area contributed by atoms with Gasteiger partial charge in [0.25, 0.3) is 0 Å². The second-order valence-electron chi connectivity index (χ2n) is 3.58. The van der Waals surface area contributed by atoms with E-state index in [1.165, 1.54) is 0 Å². The van der Waals surface area contributed by atoms with Gasteiger partial charge in [-0.25, -0.2) is 26.3 Å². The van der Waals surface area contributed by atoms with E-state index in [1.807, 2.05) is 4.72 Å². The van der Waals surface area contributed by atoms with Crippen LogP contribution in [0.15, 0.2) is 17.0 Å². The second kappa shape index (κ2) is 5.68. The fraction of sp³-hybridized carbons (Fsp3) is 0.400. The van der Waals surface area contributed by atoms with E-state index in [-0.39, 0.29) is 6.42 Å². The molecule has 0 fully saturated rings. The molecule has 0 unspecified atom stereocenters. The molecule has 0 aliphatic carbocycles. The molecule has 0 aliphatic heterocycles. The third-order valence-corrected chi connectivity index (χ3v) is 3.86. The van der Waals surface area contributed by atoms with Gasteiger partial charge in [-0.05, 0) is 18.6 Å². The van der Waals surface area contributed by atoms with E-state index in [0.29, 0.717) is 12.1 Å². The fourth-order valence-electron chi connectivity index (χ4n) is 1.25.